The molecule has 3 aromatic rings. The Labute approximate surface area is 162 Å². The van der Waals surface area contributed by atoms with Gasteiger partial charge in [0.2, 0.25) is 0 Å². The van der Waals surface area contributed by atoms with Crippen LogP contribution in [0.5, 0.6) is 0 Å². The Morgan fingerprint density at radius 1 is 1.11 bits per heavy atom. The largest absolute Gasteiger partial charge is 0.462 e. The number of amides is 1. The molecule has 1 saturated heterocycles. The monoisotopic (exact) mass is 372 g/mol. The predicted octanol–water partition coefficient (Wildman–Crippen LogP) is 3.64. The highest BCUT2D eigenvalue weighted by Gasteiger charge is 2.50. The van der Waals surface area contributed by atoms with Crippen molar-refractivity contribution in [2.24, 2.45) is 5.92 Å². The molecule has 0 spiro atoms. The lowest BCUT2D eigenvalue weighted by atomic mass is 9.76. The van der Waals surface area contributed by atoms with Gasteiger partial charge in [-0.05, 0) is 18.6 Å². The summed E-state index contributed by atoms with van der Waals surface area (Å²) in [5.41, 5.74) is 4.10. The smallest absolute Gasteiger partial charge is 0.306 e. The van der Waals surface area contributed by atoms with Crippen LogP contribution in [-0.2, 0) is 9.53 Å². The Hall–Kier alpha value is -3.21. The molecule has 1 N–H and O–H groups in total. The van der Waals surface area contributed by atoms with Crippen molar-refractivity contribution in [3.05, 3.63) is 65.7 Å². The lowest BCUT2D eigenvalue weighted by molar-refractivity contribution is -0.143. The summed E-state index contributed by atoms with van der Waals surface area (Å²) in [7, 11) is 0. The maximum atomic E-state index is 13.3. The number of benzene rings is 2. The van der Waals surface area contributed by atoms with Gasteiger partial charge in [0.1, 0.15) is 6.10 Å². The van der Waals surface area contributed by atoms with Gasteiger partial charge in [0.25, 0.3) is 5.91 Å². The van der Waals surface area contributed by atoms with Gasteiger partial charge in [0.15, 0.2) is 0 Å². The summed E-state index contributed by atoms with van der Waals surface area (Å²) in [6.07, 6.45) is 1.05. The van der Waals surface area contributed by atoms with E-state index >= 15 is 0 Å². The van der Waals surface area contributed by atoms with E-state index in [2.05, 4.69) is 5.32 Å². The number of para-hydroxylation sites is 1. The highest BCUT2D eigenvalue weighted by atomic mass is 16.6. The fraction of sp³-hybridized carbons (Fsp3) is 0.261. The van der Waals surface area contributed by atoms with E-state index in [9.17, 15) is 9.59 Å². The SMILES string of the molecule is Cc1c(-c2ccccc2)nc2ccccc2c1C(=O)N[C@@H]1C[C@H]2OC(=O)C[C@@H]12. The van der Waals surface area contributed by atoms with E-state index in [0.717, 1.165) is 27.7 Å². The van der Waals surface area contributed by atoms with Gasteiger partial charge in [-0.2, -0.15) is 0 Å². The zero-order chi connectivity index (χ0) is 19.3. The van der Waals surface area contributed by atoms with Crippen molar-refractivity contribution in [3.63, 3.8) is 0 Å². The van der Waals surface area contributed by atoms with Crippen LogP contribution in [0.15, 0.2) is 54.6 Å². The molecule has 2 heterocycles. The number of fused-ring (bicyclic) bond motifs is 2. The molecule has 0 bridgehead atoms. The van der Waals surface area contributed by atoms with Gasteiger partial charge in [-0.1, -0.05) is 48.5 Å². The summed E-state index contributed by atoms with van der Waals surface area (Å²) in [6, 6.07) is 17.6. The first kappa shape index (κ1) is 16.9. The van der Waals surface area contributed by atoms with E-state index < -0.39 is 0 Å². The van der Waals surface area contributed by atoms with Crippen molar-refractivity contribution >= 4 is 22.8 Å². The van der Waals surface area contributed by atoms with E-state index in [1.807, 2.05) is 61.5 Å². The van der Waals surface area contributed by atoms with Gasteiger partial charge < -0.3 is 10.1 Å². The first-order valence-corrected chi connectivity index (χ1v) is 9.57. The first-order chi connectivity index (χ1) is 13.6. The van der Waals surface area contributed by atoms with E-state index in [1.54, 1.807) is 0 Å². The molecule has 1 aromatic heterocycles. The van der Waals surface area contributed by atoms with Gasteiger partial charge in [-0.25, -0.2) is 4.98 Å². The maximum Gasteiger partial charge on any atom is 0.306 e. The van der Waals surface area contributed by atoms with Crippen LogP contribution in [0.1, 0.15) is 28.8 Å². The number of esters is 1. The fourth-order valence-corrected chi connectivity index (χ4v) is 4.37. The van der Waals surface area contributed by atoms with Gasteiger partial charge in [-0.3, -0.25) is 9.59 Å². The molecule has 0 unspecified atom stereocenters. The molecule has 5 nitrogen and oxygen atoms in total. The zero-order valence-corrected chi connectivity index (χ0v) is 15.5. The molecular weight excluding hydrogens is 352 g/mol. The van der Waals surface area contributed by atoms with Gasteiger partial charge >= 0.3 is 5.97 Å². The van der Waals surface area contributed by atoms with Crippen LogP contribution in [-0.4, -0.2) is 29.0 Å². The first-order valence-electron chi connectivity index (χ1n) is 9.57. The number of carbonyl (C=O) groups excluding carboxylic acids is 2. The number of ether oxygens (including phenoxy) is 1. The molecule has 2 fully saturated rings. The molecule has 1 aliphatic carbocycles. The van der Waals surface area contributed by atoms with E-state index in [1.165, 1.54) is 0 Å². The fourth-order valence-electron chi connectivity index (χ4n) is 4.37. The molecule has 28 heavy (non-hydrogen) atoms. The second-order valence-electron chi connectivity index (χ2n) is 7.56. The number of nitrogens with zero attached hydrogens (tertiary/aromatic N) is 1. The molecule has 0 radical (unpaired) electrons. The number of hydrogen-bond acceptors (Lipinski definition) is 4. The summed E-state index contributed by atoms with van der Waals surface area (Å²) in [5.74, 6) is -0.182. The summed E-state index contributed by atoms with van der Waals surface area (Å²) in [5, 5.41) is 3.98. The van der Waals surface area contributed by atoms with Crippen molar-refractivity contribution in [2.45, 2.75) is 31.9 Å². The number of pyridine rings is 1. The minimum Gasteiger partial charge on any atom is -0.462 e. The molecule has 1 aliphatic heterocycles. The minimum absolute atomic E-state index is 0.0181. The van der Waals surface area contributed by atoms with Crippen molar-refractivity contribution in [3.8, 4) is 11.3 Å². The Kier molecular flexibility index (Phi) is 3.90. The van der Waals surface area contributed by atoms with Crippen molar-refractivity contribution in [2.75, 3.05) is 0 Å². The van der Waals surface area contributed by atoms with Crippen LogP contribution in [0.2, 0.25) is 0 Å². The summed E-state index contributed by atoms with van der Waals surface area (Å²) in [4.78, 5) is 29.6. The third-order valence-electron chi connectivity index (χ3n) is 5.89. The Balaban J connectivity index is 1.55. The number of carbonyl (C=O) groups is 2. The third-order valence-corrected chi connectivity index (χ3v) is 5.89. The van der Waals surface area contributed by atoms with Crippen molar-refractivity contribution in [1.82, 2.24) is 10.3 Å². The average Bonchev–Trinajstić information content (AvgIpc) is 3.00. The highest BCUT2D eigenvalue weighted by Crippen LogP contribution is 2.39. The van der Waals surface area contributed by atoms with Crippen LogP contribution in [0.4, 0.5) is 0 Å². The lowest BCUT2D eigenvalue weighted by Gasteiger charge is -2.38. The van der Waals surface area contributed by atoms with E-state index in [4.69, 9.17) is 9.72 Å². The van der Waals surface area contributed by atoms with Crippen LogP contribution in [0.3, 0.4) is 0 Å². The van der Waals surface area contributed by atoms with Crippen LogP contribution in [0, 0.1) is 12.8 Å². The van der Waals surface area contributed by atoms with Crippen LogP contribution >= 0.6 is 0 Å². The van der Waals surface area contributed by atoms with Crippen LogP contribution < -0.4 is 5.32 Å². The molecule has 2 aliphatic rings. The maximum absolute atomic E-state index is 13.3. The van der Waals surface area contributed by atoms with Gasteiger partial charge in [-0.15, -0.1) is 0 Å². The summed E-state index contributed by atoms with van der Waals surface area (Å²) >= 11 is 0. The minimum atomic E-state index is -0.163. The highest BCUT2D eigenvalue weighted by molar-refractivity contribution is 6.09. The van der Waals surface area contributed by atoms with E-state index in [0.29, 0.717) is 18.4 Å². The quantitative estimate of drug-likeness (QED) is 0.713. The second-order valence-corrected chi connectivity index (χ2v) is 7.56. The molecule has 1 saturated carbocycles. The Bertz CT molecular complexity index is 1090. The van der Waals surface area contributed by atoms with Crippen molar-refractivity contribution < 1.29 is 14.3 Å². The summed E-state index contributed by atoms with van der Waals surface area (Å²) < 4.78 is 5.25. The number of rotatable bonds is 3. The lowest BCUT2D eigenvalue weighted by Crippen LogP contribution is -2.53. The Morgan fingerprint density at radius 3 is 2.64 bits per heavy atom. The molecular formula is C23H20N2O3. The number of aromatic nitrogens is 1. The second kappa shape index (κ2) is 6.44. The molecule has 5 rings (SSSR count). The number of hydrogen-bond donors (Lipinski definition) is 1. The van der Waals surface area contributed by atoms with Crippen molar-refractivity contribution in [1.29, 1.82) is 0 Å². The standard InChI is InChI=1S/C23H20N2O3/c1-13-21(23(27)25-18-12-19-16(18)11-20(26)28-19)15-9-5-6-10-17(15)24-22(13)14-7-3-2-4-8-14/h2-10,16,18-19H,11-12H2,1H3,(H,25,27)/t16-,18+,19+/m0/s1. The van der Waals surface area contributed by atoms with Gasteiger partial charge in [0.05, 0.1) is 23.2 Å². The molecule has 5 heteroatoms. The number of nitrogens with one attached hydrogen (secondary N) is 1. The topological polar surface area (TPSA) is 68.3 Å². The van der Waals surface area contributed by atoms with E-state index in [-0.39, 0.29) is 29.9 Å². The normalized spacial score (nSPS) is 23.0. The zero-order valence-electron chi connectivity index (χ0n) is 15.5. The van der Waals surface area contributed by atoms with Crippen LogP contribution in [0.25, 0.3) is 22.2 Å². The Morgan fingerprint density at radius 2 is 1.86 bits per heavy atom. The third kappa shape index (κ3) is 2.66. The molecule has 3 atom stereocenters. The van der Waals surface area contributed by atoms with Gasteiger partial charge in [0, 0.05) is 29.3 Å². The molecule has 140 valence electrons. The molecule has 2 aromatic carbocycles. The molecule has 1 amide bonds. The summed E-state index contributed by atoms with van der Waals surface area (Å²) in [6.45, 7) is 1.95. The average molecular weight is 372 g/mol. The predicted molar refractivity (Wildman–Crippen MR) is 106 cm³/mol.